The summed E-state index contributed by atoms with van der Waals surface area (Å²) in [5.41, 5.74) is 1.97. The third-order valence-electron chi connectivity index (χ3n) is 5.22. The van der Waals surface area contributed by atoms with Crippen molar-refractivity contribution in [3.63, 3.8) is 0 Å². The van der Waals surface area contributed by atoms with Gasteiger partial charge in [-0.2, -0.15) is 0 Å². The maximum Gasteiger partial charge on any atom is 0.306 e. The van der Waals surface area contributed by atoms with Crippen molar-refractivity contribution < 1.29 is 24.2 Å². The molecule has 0 aliphatic rings. The SMILES string of the molecule is CCC(Cc1ccc(OC)c(C(=O)NCc2ccccc2Oc2ccccc2)c1)C(=O)O. The maximum atomic E-state index is 13.0. The quantitative estimate of drug-likeness (QED) is 0.466. The number of hydrogen-bond acceptors (Lipinski definition) is 4. The van der Waals surface area contributed by atoms with Gasteiger partial charge >= 0.3 is 5.97 Å². The molecule has 1 unspecified atom stereocenters. The second-order valence-electron chi connectivity index (χ2n) is 7.39. The normalized spacial score (nSPS) is 11.4. The van der Waals surface area contributed by atoms with Crippen LogP contribution in [0.5, 0.6) is 17.2 Å². The summed E-state index contributed by atoms with van der Waals surface area (Å²) in [7, 11) is 1.50. The monoisotopic (exact) mass is 433 g/mol. The molecular formula is C26H27NO5. The summed E-state index contributed by atoms with van der Waals surface area (Å²) >= 11 is 0. The number of ether oxygens (including phenoxy) is 2. The first-order valence-electron chi connectivity index (χ1n) is 10.5. The van der Waals surface area contributed by atoms with Gasteiger partial charge in [0, 0.05) is 12.1 Å². The fourth-order valence-electron chi connectivity index (χ4n) is 3.39. The summed E-state index contributed by atoms with van der Waals surface area (Å²) in [6.45, 7) is 2.10. The van der Waals surface area contributed by atoms with Gasteiger partial charge in [-0.25, -0.2) is 0 Å². The van der Waals surface area contributed by atoms with E-state index in [1.165, 1.54) is 7.11 Å². The molecule has 0 saturated heterocycles. The third kappa shape index (κ3) is 5.88. The molecule has 0 aliphatic carbocycles. The molecular weight excluding hydrogens is 406 g/mol. The van der Waals surface area contributed by atoms with Crippen molar-refractivity contribution in [2.75, 3.05) is 7.11 Å². The van der Waals surface area contributed by atoms with Crippen molar-refractivity contribution in [1.29, 1.82) is 0 Å². The van der Waals surface area contributed by atoms with Crippen LogP contribution in [0.1, 0.15) is 34.8 Å². The summed E-state index contributed by atoms with van der Waals surface area (Å²) in [5.74, 6) is 0.159. The number of carboxylic acids is 1. The minimum absolute atomic E-state index is 0.266. The largest absolute Gasteiger partial charge is 0.496 e. The van der Waals surface area contributed by atoms with Crippen LogP contribution in [0.3, 0.4) is 0 Å². The van der Waals surface area contributed by atoms with E-state index in [2.05, 4.69) is 5.32 Å². The highest BCUT2D eigenvalue weighted by Crippen LogP contribution is 2.26. The summed E-state index contributed by atoms with van der Waals surface area (Å²) in [6, 6.07) is 22.1. The first kappa shape index (κ1) is 22.9. The van der Waals surface area contributed by atoms with E-state index in [4.69, 9.17) is 9.47 Å². The molecule has 2 N–H and O–H groups in total. The zero-order valence-electron chi connectivity index (χ0n) is 18.2. The lowest BCUT2D eigenvalue weighted by molar-refractivity contribution is -0.141. The Balaban J connectivity index is 1.75. The highest BCUT2D eigenvalue weighted by molar-refractivity contribution is 5.97. The fraction of sp³-hybridized carbons (Fsp3) is 0.231. The number of nitrogens with one attached hydrogen (secondary N) is 1. The lowest BCUT2D eigenvalue weighted by Crippen LogP contribution is -2.24. The van der Waals surface area contributed by atoms with E-state index in [1.807, 2.05) is 61.5 Å². The standard InChI is InChI=1S/C26H27NO5/c1-3-19(26(29)30)15-18-13-14-24(31-2)22(16-18)25(28)27-17-20-9-7-8-12-23(20)32-21-10-5-4-6-11-21/h4-14,16,19H,3,15,17H2,1-2H3,(H,27,28)(H,29,30). The highest BCUT2D eigenvalue weighted by atomic mass is 16.5. The molecule has 0 spiro atoms. The minimum atomic E-state index is -0.843. The lowest BCUT2D eigenvalue weighted by Gasteiger charge is -2.15. The summed E-state index contributed by atoms with van der Waals surface area (Å²) in [6.07, 6.45) is 0.866. The smallest absolute Gasteiger partial charge is 0.306 e. The van der Waals surface area contributed by atoms with Gasteiger partial charge in [0.25, 0.3) is 5.91 Å². The Kier molecular flexibility index (Phi) is 7.86. The highest BCUT2D eigenvalue weighted by Gasteiger charge is 2.19. The van der Waals surface area contributed by atoms with E-state index in [0.29, 0.717) is 35.7 Å². The van der Waals surface area contributed by atoms with Crippen LogP contribution in [0, 0.1) is 5.92 Å². The molecule has 3 aromatic carbocycles. The van der Waals surface area contributed by atoms with Gasteiger partial charge in [0.15, 0.2) is 0 Å². The fourth-order valence-corrected chi connectivity index (χ4v) is 3.39. The average Bonchev–Trinajstić information content (AvgIpc) is 2.82. The Morgan fingerprint density at radius 2 is 1.69 bits per heavy atom. The van der Waals surface area contributed by atoms with E-state index in [9.17, 15) is 14.7 Å². The van der Waals surface area contributed by atoms with Crippen molar-refractivity contribution in [3.8, 4) is 17.2 Å². The second kappa shape index (κ2) is 11.0. The number of aliphatic carboxylic acids is 1. The van der Waals surface area contributed by atoms with Crippen LogP contribution < -0.4 is 14.8 Å². The van der Waals surface area contributed by atoms with Gasteiger partial charge < -0.3 is 19.9 Å². The van der Waals surface area contributed by atoms with Crippen LogP contribution in [0.15, 0.2) is 72.8 Å². The maximum absolute atomic E-state index is 13.0. The Morgan fingerprint density at radius 1 is 0.969 bits per heavy atom. The number of amides is 1. The second-order valence-corrected chi connectivity index (χ2v) is 7.39. The van der Waals surface area contributed by atoms with E-state index < -0.39 is 11.9 Å². The molecule has 0 bridgehead atoms. The topological polar surface area (TPSA) is 84.9 Å². The minimum Gasteiger partial charge on any atom is -0.496 e. The van der Waals surface area contributed by atoms with E-state index in [1.54, 1.807) is 18.2 Å². The van der Waals surface area contributed by atoms with Crippen molar-refractivity contribution >= 4 is 11.9 Å². The van der Waals surface area contributed by atoms with Gasteiger partial charge in [-0.15, -0.1) is 0 Å². The van der Waals surface area contributed by atoms with Crippen LogP contribution >= 0.6 is 0 Å². The molecule has 3 rings (SSSR count). The summed E-state index contributed by atoms with van der Waals surface area (Å²) in [5, 5.41) is 12.3. The zero-order chi connectivity index (χ0) is 22.9. The predicted octanol–water partition coefficient (Wildman–Crippen LogP) is 5.07. The van der Waals surface area contributed by atoms with Gasteiger partial charge in [-0.05, 0) is 48.7 Å². The molecule has 0 aliphatic heterocycles. The predicted molar refractivity (Wildman–Crippen MR) is 122 cm³/mol. The number of carbonyl (C=O) groups excluding carboxylic acids is 1. The molecule has 0 aromatic heterocycles. The Hall–Kier alpha value is -3.80. The van der Waals surface area contributed by atoms with E-state index >= 15 is 0 Å². The first-order chi connectivity index (χ1) is 15.5. The number of carboxylic acid groups (broad SMARTS) is 1. The Labute approximate surface area is 187 Å². The van der Waals surface area contributed by atoms with Crippen LogP contribution in [0.2, 0.25) is 0 Å². The Bertz CT molecular complexity index is 1060. The van der Waals surface area contributed by atoms with Crippen molar-refractivity contribution in [2.24, 2.45) is 5.92 Å². The molecule has 3 aromatic rings. The lowest BCUT2D eigenvalue weighted by atomic mass is 9.95. The van der Waals surface area contributed by atoms with E-state index in [0.717, 1.165) is 11.1 Å². The molecule has 6 nitrogen and oxygen atoms in total. The third-order valence-corrected chi connectivity index (χ3v) is 5.22. The molecule has 6 heteroatoms. The van der Waals surface area contributed by atoms with Gasteiger partial charge in [-0.3, -0.25) is 9.59 Å². The number of rotatable bonds is 10. The Morgan fingerprint density at radius 3 is 2.38 bits per heavy atom. The first-order valence-corrected chi connectivity index (χ1v) is 10.5. The zero-order valence-corrected chi connectivity index (χ0v) is 18.2. The molecule has 0 heterocycles. The number of carbonyl (C=O) groups is 2. The number of para-hydroxylation sites is 2. The number of methoxy groups -OCH3 is 1. The van der Waals surface area contributed by atoms with Crippen molar-refractivity contribution in [1.82, 2.24) is 5.32 Å². The van der Waals surface area contributed by atoms with Gasteiger partial charge in [0.2, 0.25) is 0 Å². The molecule has 1 amide bonds. The molecule has 1 atom stereocenters. The van der Waals surface area contributed by atoms with Gasteiger partial charge in [0.05, 0.1) is 18.6 Å². The molecule has 166 valence electrons. The van der Waals surface area contributed by atoms with Crippen LogP contribution in [0.4, 0.5) is 0 Å². The summed E-state index contributed by atoms with van der Waals surface area (Å²) in [4.78, 5) is 24.3. The van der Waals surface area contributed by atoms with Crippen molar-refractivity contribution in [3.05, 3.63) is 89.5 Å². The van der Waals surface area contributed by atoms with Crippen molar-refractivity contribution in [2.45, 2.75) is 26.3 Å². The molecule has 0 saturated carbocycles. The van der Waals surface area contributed by atoms with Gasteiger partial charge in [-0.1, -0.05) is 49.4 Å². The molecule has 32 heavy (non-hydrogen) atoms. The number of hydrogen-bond donors (Lipinski definition) is 2. The molecule has 0 fully saturated rings. The number of benzene rings is 3. The van der Waals surface area contributed by atoms with Crippen LogP contribution in [-0.4, -0.2) is 24.1 Å². The van der Waals surface area contributed by atoms with Gasteiger partial charge in [0.1, 0.15) is 17.2 Å². The average molecular weight is 434 g/mol. The van der Waals surface area contributed by atoms with E-state index in [-0.39, 0.29) is 12.5 Å². The van der Waals surface area contributed by atoms with Crippen LogP contribution in [0.25, 0.3) is 0 Å². The summed E-state index contributed by atoms with van der Waals surface area (Å²) < 4.78 is 11.3. The van der Waals surface area contributed by atoms with Crippen LogP contribution in [-0.2, 0) is 17.8 Å². The molecule has 0 radical (unpaired) electrons.